The normalized spacial score (nSPS) is 21.8. The zero-order valence-electron chi connectivity index (χ0n) is 16.4. The van der Waals surface area contributed by atoms with Gasteiger partial charge in [-0.3, -0.25) is 4.57 Å². The number of aromatic nitrogens is 3. The van der Waals surface area contributed by atoms with Crippen LogP contribution >= 0.6 is 0 Å². The van der Waals surface area contributed by atoms with Gasteiger partial charge in [0.1, 0.15) is 6.33 Å². The molecule has 3 saturated heterocycles. The van der Waals surface area contributed by atoms with E-state index < -0.39 is 21.6 Å². The molecule has 9 nitrogen and oxygen atoms in total. The van der Waals surface area contributed by atoms with E-state index in [4.69, 9.17) is 4.42 Å². The van der Waals surface area contributed by atoms with Crippen molar-refractivity contribution in [2.24, 2.45) is 7.05 Å². The molecule has 0 saturated carbocycles. The van der Waals surface area contributed by atoms with Crippen LogP contribution in [0.15, 0.2) is 38.6 Å². The third-order valence-corrected chi connectivity index (χ3v) is 7.94. The molecular formula is C19H20FN5O4S. The lowest BCUT2D eigenvalue weighted by atomic mass is 9.91. The number of fused-ring (bicyclic) bond motifs is 3. The average molecular weight is 433 g/mol. The molecule has 3 fully saturated rings. The number of nitrogens with zero attached hydrogens (tertiary/aromatic N) is 5. The highest BCUT2D eigenvalue weighted by Gasteiger charge is 2.51. The molecule has 2 atom stereocenters. The van der Waals surface area contributed by atoms with Crippen LogP contribution in [0, 0.1) is 5.82 Å². The van der Waals surface area contributed by atoms with Gasteiger partial charge >= 0.3 is 5.76 Å². The summed E-state index contributed by atoms with van der Waals surface area (Å²) < 4.78 is 49.1. The van der Waals surface area contributed by atoms with Gasteiger partial charge in [-0.15, -0.1) is 0 Å². The van der Waals surface area contributed by atoms with Crippen molar-refractivity contribution in [3.05, 3.63) is 46.6 Å². The number of hydrogen-bond acceptors (Lipinski definition) is 7. The lowest BCUT2D eigenvalue weighted by Gasteiger charge is -2.55. The largest absolute Gasteiger partial charge is 0.419 e. The second-order valence-electron chi connectivity index (χ2n) is 7.65. The fraction of sp³-hybridized carbons (Fsp3) is 0.421. The van der Waals surface area contributed by atoms with Crippen molar-refractivity contribution in [2.75, 3.05) is 18.0 Å². The molecule has 0 spiro atoms. The van der Waals surface area contributed by atoms with Crippen LogP contribution < -0.4 is 10.7 Å². The number of halogens is 1. The van der Waals surface area contributed by atoms with Crippen LogP contribution in [0.25, 0.3) is 11.1 Å². The molecule has 30 heavy (non-hydrogen) atoms. The van der Waals surface area contributed by atoms with Crippen molar-refractivity contribution in [3.63, 3.8) is 0 Å². The smallest absolute Gasteiger partial charge is 0.408 e. The fourth-order valence-electron chi connectivity index (χ4n) is 4.39. The summed E-state index contributed by atoms with van der Waals surface area (Å²) in [5, 5.41) is 0. The second kappa shape index (κ2) is 6.61. The maximum atomic E-state index is 14.6. The van der Waals surface area contributed by atoms with Gasteiger partial charge in [0.15, 0.2) is 17.2 Å². The highest BCUT2D eigenvalue weighted by Crippen LogP contribution is 2.39. The second-order valence-corrected chi connectivity index (χ2v) is 9.49. The molecule has 3 aliphatic heterocycles. The molecule has 6 rings (SSSR count). The van der Waals surface area contributed by atoms with E-state index in [0.717, 1.165) is 6.42 Å². The van der Waals surface area contributed by atoms with E-state index in [-0.39, 0.29) is 22.8 Å². The van der Waals surface area contributed by atoms with Crippen LogP contribution in [-0.4, -0.2) is 52.4 Å². The van der Waals surface area contributed by atoms with Gasteiger partial charge in [0.2, 0.25) is 10.0 Å². The van der Waals surface area contributed by atoms with Gasteiger partial charge < -0.3 is 9.32 Å². The molecule has 3 aromatic rings. The first-order chi connectivity index (χ1) is 14.3. The highest BCUT2D eigenvalue weighted by molar-refractivity contribution is 7.89. The minimum absolute atomic E-state index is 0.107. The third kappa shape index (κ3) is 2.68. The molecule has 0 aliphatic carbocycles. The number of anilines is 1. The first kappa shape index (κ1) is 19.2. The molecule has 2 unspecified atom stereocenters. The number of sulfonamides is 1. The van der Waals surface area contributed by atoms with Crippen molar-refractivity contribution in [2.45, 2.75) is 36.7 Å². The van der Waals surface area contributed by atoms with E-state index in [9.17, 15) is 17.6 Å². The molecule has 0 amide bonds. The van der Waals surface area contributed by atoms with Crippen molar-refractivity contribution in [1.29, 1.82) is 0 Å². The summed E-state index contributed by atoms with van der Waals surface area (Å²) in [6, 6.07) is 3.87. The minimum atomic E-state index is -3.77. The van der Waals surface area contributed by atoms with Gasteiger partial charge in [-0.2, -0.15) is 4.31 Å². The lowest BCUT2D eigenvalue weighted by molar-refractivity contribution is 0.0870. The number of benzene rings is 1. The first-order valence-corrected chi connectivity index (χ1v) is 11.1. The van der Waals surface area contributed by atoms with Gasteiger partial charge in [-0.25, -0.2) is 27.6 Å². The van der Waals surface area contributed by atoms with Gasteiger partial charge in [-0.1, -0.05) is 6.92 Å². The monoisotopic (exact) mass is 433 g/mol. The zero-order chi connectivity index (χ0) is 21.2. The van der Waals surface area contributed by atoms with Crippen LogP contribution in [-0.2, 0) is 23.5 Å². The van der Waals surface area contributed by atoms with E-state index in [0.29, 0.717) is 36.3 Å². The Balaban J connectivity index is 1.44. The maximum absolute atomic E-state index is 14.6. The Bertz CT molecular complexity index is 1310. The Hall–Kier alpha value is -2.79. The molecule has 2 bridgehead atoms. The molecule has 0 radical (unpaired) electrons. The first-order valence-electron chi connectivity index (χ1n) is 9.68. The molecule has 0 N–H and O–H groups in total. The van der Waals surface area contributed by atoms with E-state index >= 15 is 0 Å². The van der Waals surface area contributed by atoms with Gasteiger partial charge in [0.25, 0.3) is 0 Å². The topological polar surface area (TPSA) is 102 Å². The van der Waals surface area contributed by atoms with Crippen LogP contribution in [0.3, 0.4) is 0 Å². The standard InChI is InChI=1S/C19H20FN5O4S/c1-3-14-17(20)18(22-10-21-14)24-8-11-6-12(9-24)25(11)30(27,28)13-4-5-16-15(7-13)23(2)19(26)29-16/h4-5,7,10-12H,3,6,8-9H2,1-2H3. The Labute approximate surface area is 171 Å². The van der Waals surface area contributed by atoms with Crippen molar-refractivity contribution >= 4 is 26.9 Å². The summed E-state index contributed by atoms with van der Waals surface area (Å²) in [7, 11) is -2.24. The number of oxazole rings is 1. The number of piperazine rings is 1. The summed E-state index contributed by atoms with van der Waals surface area (Å²) in [5.41, 5.74) is 1.11. The fourth-order valence-corrected chi connectivity index (χ4v) is 6.23. The molecule has 3 aliphatic rings. The van der Waals surface area contributed by atoms with E-state index in [1.807, 2.05) is 6.92 Å². The third-order valence-electron chi connectivity index (χ3n) is 5.94. The average Bonchev–Trinajstić information content (AvgIpc) is 3.01. The Morgan fingerprint density at radius 3 is 2.67 bits per heavy atom. The summed E-state index contributed by atoms with van der Waals surface area (Å²) in [5.74, 6) is -0.764. The van der Waals surface area contributed by atoms with Crippen LogP contribution in [0.5, 0.6) is 0 Å². The molecular weight excluding hydrogens is 413 g/mol. The van der Waals surface area contributed by atoms with E-state index in [2.05, 4.69) is 9.97 Å². The molecule has 2 aromatic heterocycles. The van der Waals surface area contributed by atoms with Crippen molar-refractivity contribution in [3.8, 4) is 0 Å². The summed E-state index contributed by atoms with van der Waals surface area (Å²) >= 11 is 0. The highest BCUT2D eigenvalue weighted by atomic mass is 32.2. The molecule has 5 heterocycles. The summed E-state index contributed by atoms with van der Waals surface area (Å²) in [4.78, 5) is 21.6. The van der Waals surface area contributed by atoms with Crippen molar-refractivity contribution in [1.82, 2.24) is 18.8 Å². The lowest BCUT2D eigenvalue weighted by Crippen LogP contribution is -2.70. The molecule has 11 heteroatoms. The van der Waals surface area contributed by atoms with Crippen LogP contribution in [0.2, 0.25) is 0 Å². The van der Waals surface area contributed by atoms with Crippen LogP contribution in [0.1, 0.15) is 19.0 Å². The Kier molecular flexibility index (Phi) is 4.23. The van der Waals surface area contributed by atoms with Crippen molar-refractivity contribution < 1.29 is 17.2 Å². The number of rotatable bonds is 4. The van der Waals surface area contributed by atoms with E-state index in [1.165, 1.54) is 40.4 Å². The minimum Gasteiger partial charge on any atom is -0.408 e. The maximum Gasteiger partial charge on any atom is 0.419 e. The molecule has 158 valence electrons. The predicted molar refractivity (Wildman–Crippen MR) is 106 cm³/mol. The van der Waals surface area contributed by atoms with Gasteiger partial charge in [-0.05, 0) is 31.0 Å². The number of aryl methyl sites for hydroxylation is 2. The Morgan fingerprint density at radius 2 is 1.97 bits per heavy atom. The SMILES string of the molecule is CCc1ncnc(N2CC3CC(C2)N3S(=O)(=O)c2ccc3oc(=O)n(C)c3c2)c1F. The number of piperidine rings is 1. The Morgan fingerprint density at radius 1 is 1.23 bits per heavy atom. The molecule has 1 aromatic carbocycles. The quantitative estimate of drug-likeness (QED) is 0.611. The van der Waals surface area contributed by atoms with Crippen LogP contribution in [0.4, 0.5) is 10.2 Å². The van der Waals surface area contributed by atoms with E-state index in [1.54, 1.807) is 4.90 Å². The van der Waals surface area contributed by atoms with Gasteiger partial charge in [0, 0.05) is 32.2 Å². The summed E-state index contributed by atoms with van der Waals surface area (Å²) in [6.45, 7) is 2.54. The summed E-state index contributed by atoms with van der Waals surface area (Å²) in [6.07, 6.45) is 2.52. The predicted octanol–water partition coefficient (Wildman–Crippen LogP) is 1.27. The zero-order valence-corrected chi connectivity index (χ0v) is 17.3. The van der Waals surface area contributed by atoms with Gasteiger partial charge in [0.05, 0.1) is 16.1 Å². The number of hydrogen-bond donors (Lipinski definition) is 0.